The van der Waals surface area contributed by atoms with E-state index in [0.29, 0.717) is 0 Å². The van der Waals surface area contributed by atoms with E-state index in [-0.39, 0.29) is 0 Å². The van der Waals surface area contributed by atoms with E-state index >= 15 is 0 Å². The van der Waals surface area contributed by atoms with Crippen molar-refractivity contribution >= 4 is 80.0 Å². The van der Waals surface area contributed by atoms with Crippen molar-refractivity contribution in [1.29, 1.82) is 0 Å². The molecule has 330 valence electrons. The van der Waals surface area contributed by atoms with Gasteiger partial charge in [-0.2, -0.15) is 0 Å². The minimum absolute atomic E-state index is 1.11. The number of hydrogen-bond donors (Lipinski definition) is 0. The number of benzene rings is 10. The van der Waals surface area contributed by atoms with Gasteiger partial charge >= 0.3 is 0 Å². The van der Waals surface area contributed by atoms with E-state index in [1.54, 1.807) is 0 Å². The summed E-state index contributed by atoms with van der Waals surface area (Å²) in [6, 6.07) is 75.8. The van der Waals surface area contributed by atoms with Gasteiger partial charge in [0.25, 0.3) is 0 Å². The third-order valence-electron chi connectivity index (χ3n) is 13.1. The highest BCUT2D eigenvalue weighted by molar-refractivity contribution is 6.14. The summed E-state index contributed by atoms with van der Waals surface area (Å²) in [6.45, 7) is 13.1. The summed E-state index contributed by atoms with van der Waals surface area (Å²) in [6.07, 6.45) is 8.76. The van der Waals surface area contributed by atoms with Gasteiger partial charge in [-0.3, -0.25) is 0 Å². The molecule has 0 unspecified atom stereocenters. The number of anilines is 6. The van der Waals surface area contributed by atoms with Gasteiger partial charge in [0.05, 0.1) is 11.4 Å². The van der Waals surface area contributed by atoms with Crippen LogP contribution in [0.5, 0.6) is 0 Å². The van der Waals surface area contributed by atoms with Gasteiger partial charge in [0.1, 0.15) is 0 Å². The Bertz CT molecular complexity index is 3210. The molecule has 0 aromatic heterocycles. The fraction of sp³-hybridized carbons (Fsp3) is 0.0909. The van der Waals surface area contributed by atoms with E-state index in [0.717, 1.165) is 33.9 Å². The molecular formula is C66H56N2. The molecule has 0 fully saturated rings. The van der Waals surface area contributed by atoms with Crippen molar-refractivity contribution in [3.63, 3.8) is 0 Å². The Labute approximate surface area is 402 Å². The molecule has 0 spiro atoms. The summed E-state index contributed by atoms with van der Waals surface area (Å²) in [5.74, 6) is 0. The number of hydrogen-bond acceptors (Lipinski definition) is 2. The van der Waals surface area contributed by atoms with Crippen LogP contribution < -0.4 is 9.80 Å². The van der Waals surface area contributed by atoms with Crippen LogP contribution in [0.2, 0.25) is 0 Å². The normalized spacial score (nSPS) is 11.6. The zero-order valence-electron chi connectivity index (χ0n) is 39.8. The van der Waals surface area contributed by atoms with Crippen LogP contribution in [-0.4, -0.2) is 0 Å². The van der Waals surface area contributed by atoms with Crippen molar-refractivity contribution in [2.75, 3.05) is 9.80 Å². The van der Waals surface area contributed by atoms with Gasteiger partial charge in [-0.25, -0.2) is 0 Å². The highest BCUT2D eigenvalue weighted by atomic mass is 15.2. The lowest BCUT2D eigenvalue weighted by molar-refractivity contribution is 1.26. The van der Waals surface area contributed by atoms with Crippen molar-refractivity contribution in [3.8, 4) is 11.1 Å². The van der Waals surface area contributed by atoms with Crippen LogP contribution in [0.15, 0.2) is 206 Å². The average molecular weight is 877 g/mol. The number of nitrogens with zero attached hydrogens (tertiary/aromatic N) is 2. The molecule has 0 aliphatic heterocycles. The fourth-order valence-corrected chi connectivity index (χ4v) is 9.45. The molecule has 2 heteroatoms. The maximum Gasteiger partial charge on any atom is 0.0569 e. The second-order valence-electron chi connectivity index (χ2n) is 18.3. The first-order valence-corrected chi connectivity index (χ1v) is 23.7. The van der Waals surface area contributed by atoms with Gasteiger partial charge < -0.3 is 9.80 Å². The maximum atomic E-state index is 2.43. The van der Waals surface area contributed by atoms with Crippen molar-refractivity contribution in [2.45, 2.75) is 41.5 Å². The molecule has 0 atom stereocenters. The molecule has 10 aromatic carbocycles. The van der Waals surface area contributed by atoms with Gasteiger partial charge in [0, 0.05) is 33.5 Å². The largest absolute Gasteiger partial charge is 0.310 e. The highest BCUT2D eigenvalue weighted by Crippen LogP contribution is 2.48. The molecule has 0 aliphatic carbocycles. The molecule has 0 saturated carbocycles. The molecule has 0 heterocycles. The van der Waals surface area contributed by atoms with Crippen LogP contribution in [0, 0.1) is 41.5 Å². The second-order valence-corrected chi connectivity index (χ2v) is 18.3. The highest BCUT2D eigenvalue weighted by Gasteiger charge is 2.24. The first-order chi connectivity index (χ1) is 33.2. The molecule has 0 aliphatic rings. The molecule has 0 N–H and O–H groups in total. The van der Waals surface area contributed by atoms with E-state index in [9.17, 15) is 0 Å². The molecular weight excluding hydrogens is 821 g/mol. The zero-order valence-corrected chi connectivity index (χ0v) is 39.8. The SMILES string of the molecule is Cc1ccc(C=Cc2ccc(N(c3ccc(C)cc3)c3c(C)cc(-c4cc(C)c(N(c5ccc(C)cc5)c5ccc(C=Cc6ccc(C)cc6)cc5)c5ccccc45)c4ccccc34)cc2)cc1. The summed E-state index contributed by atoms with van der Waals surface area (Å²) >= 11 is 0. The van der Waals surface area contributed by atoms with Crippen LogP contribution in [-0.2, 0) is 0 Å². The number of fused-ring (bicyclic) bond motifs is 2. The Balaban J connectivity index is 1.09. The minimum atomic E-state index is 1.11. The first-order valence-electron chi connectivity index (χ1n) is 23.7. The van der Waals surface area contributed by atoms with Gasteiger partial charge in [-0.15, -0.1) is 0 Å². The third kappa shape index (κ3) is 9.02. The molecule has 10 aromatic rings. The van der Waals surface area contributed by atoms with E-state index in [1.165, 1.54) is 88.6 Å². The number of aryl methyl sites for hydroxylation is 6. The van der Waals surface area contributed by atoms with E-state index in [1.807, 2.05) is 0 Å². The molecule has 0 amide bonds. The molecule has 0 radical (unpaired) electrons. The molecule has 0 bridgehead atoms. The summed E-state index contributed by atoms with van der Waals surface area (Å²) in [4.78, 5) is 4.87. The number of rotatable bonds is 11. The predicted octanol–water partition coefficient (Wildman–Crippen LogP) is 18.8. The molecule has 10 rings (SSSR count). The topological polar surface area (TPSA) is 6.48 Å². The average Bonchev–Trinajstić information content (AvgIpc) is 3.36. The monoisotopic (exact) mass is 876 g/mol. The lowest BCUT2D eigenvalue weighted by Gasteiger charge is -2.31. The lowest BCUT2D eigenvalue weighted by atomic mass is 9.88. The Morgan fingerprint density at radius 3 is 0.794 bits per heavy atom. The zero-order chi connectivity index (χ0) is 46.7. The lowest BCUT2D eigenvalue weighted by Crippen LogP contribution is -2.13. The van der Waals surface area contributed by atoms with E-state index < -0.39 is 0 Å². The fourth-order valence-electron chi connectivity index (χ4n) is 9.45. The second kappa shape index (κ2) is 19.0. The first kappa shape index (κ1) is 43.7. The van der Waals surface area contributed by atoms with Crippen molar-refractivity contribution in [1.82, 2.24) is 0 Å². The Morgan fingerprint density at radius 1 is 0.265 bits per heavy atom. The minimum Gasteiger partial charge on any atom is -0.310 e. The van der Waals surface area contributed by atoms with Gasteiger partial charge in [-0.1, -0.05) is 192 Å². The smallest absolute Gasteiger partial charge is 0.0569 e. The van der Waals surface area contributed by atoms with Crippen molar-refractivity contribution < 1.29 is 0 Å². The molecule has 0 saturated heterocycles. The van der Waals surface area contributed by atoms with Crippen LogP contribution >= 0.6 is 0 Å². The predicted molar refractivity (Wildman–Crippen MR) is 295 cm³/mol. The van der Waals surface area contributed by atoms with Gasteiger partial charge in [0.2, 0.25) is 0 Å². The van der Waals surface area contributed by atoms with Gasteiger partial charge in [0.15, 0.2) is 0 Å². The van der Waals surface area contributed by atoms with Gasteiger partial charge in [-0.05, 0) is 157 Å². The van der Waals surface area contributed by atoms with E-state index in [4.69, 9.17) is 0 Å². The van der Waals surface area contributed by atoms with Crippen LogP contribution in [0.4, 0.5) is 34.1 Å². The molecule has 68 heavy (non-hydrogen) atoms. The Kier molecular flexibility index (Phi) is 12.2. The summed E-state index contributed by atoms with van der Waals surface area (Å²) in [5, 5.41) is 4.83. The van der Waals surface area contributed by atoms with Crippen LogP contribution in [0.25, 0.3) is 57.0 Å². The van der Waals surface area contributed by atoms with Crippen molar-refractivity contribution in [2.24, 2.45) is 0 Å². The van der Waals surface area contributed by atoms with Crippen LogP contribution in [0.3, 0.4) is 0 Å². The maximum absolute atomic E-state index is 2.43. The van der Waals surface area contributed by atoms with E-state index in [2.05, 4.69) is 282 Å². The van der Waals surface area contributed by atoms with Crippen LogP contribution in [0.1, 0.15) is 55.6 Å². The Hall–Kier alpha value is -8.20. The van der Waals surface area contributed by atoms with Crippen molar-refractivity contribution in [3.05, 3.63) is 262 Å². The molecule has 2 nitrogen and oxygen atoms in total. The standard InChI is InChI=1S/C66H56N2/c1-45-15-23-51(24-16-45)27-29-53-31-39-57(40-32-53)67(55-35-19-47(3)20-36-55)65-49(5)43-63(59-11-7-9-13-61(59)65)64-44-50(6)66(62-14-10-8-12-60(62)64)68(56-37-21-48(4)22-38-56)58-41-33-54(34-42-58)30-28-52-25-17-46(2)18-26-52/h7-44H,1-6H3. The summed E-state index contributed by atoms with van der Waals surface area (Å²) in [7, 11) is 0. The summed E-state index contributed by atoms with van der Waals surface area (Å²) < 4.78 is 0. The third-order valence-corrected chi connectivity index (χ3v) is 13.1. The quantitative estimate of drug-likeness (QED) is 0.119. The Morgan fingerprint density at radius 2 is 0.500 bits per heavy atom. The summed E-state index contributed by atoms with van der Waals surface area (Å²) in [5.41, 5.74) is 21.4.